The molecule has 2 amide bonds. The Labute approximate surface area is 221 Å². The van der Waals surface area contributed by atoms with Crippen LogP contribution < -0.4 is 10.2 Å². The summed E-state index contributed by atoms with van der Waals surface area (Å²) in [5.74, 6) is 0.281. The van der Waals surface area contributed by atoms with Gasteiger partial charge in [0.15, 0.2) is 0 Å². The lowest BCUT2D eigenvalue weighted by molar-refractivity contribution is -0.128. The quantitative estimate of drug-likeness (QED) is 0.312. The van der Waals surface area contributed by atoms with Gasteiger partial charge in [-0.1, -0.05) is 47.2 Å². The molecule has 1 aliphatic heterocycles. The van der Waals surface area contributed by atoms with E-state index in [1.807, 2.05) is 73.3 Å². The fraction of sp³-hybridized carbons (Fsp3) is 0.222. The van der Waals surface area contributed by atoms with Crippen molar-refractivity contribution in [3.05, 3.63) is 98.1 Å². The second kappa shape index (κ2) is 10.1. The van der Waals surface area contributed by atoms with Gasteiger partial charge in [0.05, 0.1) is 16.0 Å². The average molecular weight is 538 g/mol. The number of aromatic nitrogens is 1. The van der Waals surface area contributed by atoms with Crippen molar-refractivity contribution in [3.8, 4) is 0 Å². The summed E-state index contributed by atoms with van der Waals surface area (Å²) in [4.78, 5) is 39.6. The predicted molar refractivity (Wildman–Crippen MR) is 148 cm³/mol. The van der Waals surface area contributed by atoms with Crippen LogP contribution in [-0.2, 0) is 11.3 Å². The van der Waals surface area contributed by atoms with Gasteiger partial charge in [0, 0.05) is 28.9 Å². The maximum atomic E-state index is 12.9. The molecule has 1 N–H and O–H groups in total. The molecule has 0 saturated carbocycles. The van der Waals surface area contributed by atoms with Crippen LogP contribution in [0.1, 0.15) is 46.7 Å². The molecule has 2 heterocycles. The van der Waals surface area contributed by atoms with Crippen molar-refractivity contribution >= 4 is 62.4 Å². The maximum Gasteiger partial charge on any atom is 0.308 e. The predicted octanol–water partition coefficient (Wildman–Crippen LogP) is 6.32. The smallest absolute Gasteiger partial charge is 0.308 e. The molecule has 4 aromatic rings. The summed E-state index contributed by atoms with van der Waals surface area (Å²) >= 11 is 8.74. The zero-order valence-electron chi connectivity index (χ0n) is 19.7. The van der Waals surface area contributed by atoms with Gasteiger partial charge in [0.2, 0.25) is 5.91 Å². The van der Waals surface area contributed by atoms with Gasteiger partial charge in [-0.15, -0.1) is 11.8 Å². The largest absolute Gasteiger partial charge is 0.322 e. The van der Waals surface area contributed by atoms with E-state index in [0.29, 0.717) is 28.6 Å². The topological polar surface area (TPSA) is 71.4 Å². The lowest BCUT2D eigenvalue weighted by atomic mass is 10.1. The van der Waals surface area contributed by atoms with Crippen LogP contribution >= 0.6 is 34.7 Å². The van der Waals surface area contributed by atoms with E-state index in [0.717, 1.165) is 21.3 Å². The van der Waals surface area contributed by atoms with Crippen LogP contribution in [0.3, 0.4) is 0 Å². The second-order valence-corrected chi connectivity index (χ2v) is 11.4. The minimum absolute atomic E-state index is 0.00700. The number of benzene rings is 3. The number of amides is 2. The van der Waals surface area contributed by atoms with Gasteiger partial charge in [0.1, 0.15) is 5.37 Å². The molecule has 1 atom stereocenters. The van der Waals surface area contributed by atoms with Crippen molar-refractivity contribution in [1.82, 2.24) is 9.47 Å². The van der Waals surface area contributed by atoms with E-state index in [4.69, 9.17) is 11.6 Å². The van der Waals surface area contributed by atoms with Gasteiger partial charge < -0.3 is 10.2 Å². The molecule has 0 radical (unpaired) electrons. The van der Waals surface area contributed by atoms with E-state index < -0.39 is 0 Å². The second-order valence-electron chi connectivity index (χ2n) is 8.90. The third-order valence-electron chi connectivity index (χ3n) is 6.08. The Morgan fingerprint density at radius 3 is 2.47 bits per heavy atom. The number of halogens is 1. The fourth-order valence-corrected chi connectivity index (χ4v) is 6.66. The Bertz CT molecular complexity index is 1490. The highest BCUT2D eigenvalue weighted by molar-refractivity contribution is 8.00. The van der Waals surface area contributed by atoms with Crippen molar-refractivity contribution in [2.24, 2.45) is 0 Å². The molecule has 36 heavy (non-hydrogen) atoms. The summed E-state index contributed by atoms with van der Waals surface area (Å²) < 4.78 is 2.59. The maximum absolute atomic E-state index is 12.9. The molecule has 1 unspecified atom stereocenters. The molecule has 0 bridgehead atoms. The first-order valence-corrected chi connectivity index (χ1v) is 13.8. The van der Waals surface area contributed by atoms with Crippen molar-refractivity contribution in [3.63, 3.8) is 0 Å². The Kier molecular flexibility index (Phi) is 6.92. The summed E-state index contributed by atoms with van der Waals surface area (Å²) in [5.41, 5.74) is 4.01. The molecule has 1 fully saturated rings. The SMILES string of the molecule is CC(C)n1c(=O)sc2cc(NC(=O)c3ccc(C4SCC(=O)N4Cc4ccc(Cl)cc4)cc3)ccc21. The molecule has 1 saturated heterocycles. The number of hydrogen-bond acceptors (Lipinski definition) is 5. The van der Waals surface area contributed by atoms with Crippen molar-refractivity contribution in [2.75, 3.05) is 11.1 Å². The Morgan fingerprint density at radius 1 is 1.06 bits per heavy atom. The van der Waals surface area contributed by atoms with Crippen molar-refractivity contribution < 1.29 is 9.59 Å². The molecule has 1 aromatic heterocycles. The summed E-state index contributed by atoms with van der Waals surface area (Å²) in [6, 6.07) is 20.5. The first-order chi connectivity index (χ1) is 17.3. The molecular formula is C27H24ClN3O3S2. The zero-order chi connectivity index (χ0) is 25.4. The summed E-state index contributed by atoms with van der Waals surface area (Å²) in [6.45, 7) is 4.45. The molecule has 5 rings (SSSR count). The molecule has 0 aliphatic carbocycles. The number of rotatable bonds is 6. The van der Waals surface area contributed by atoms with E-state index in [9.17, 15) is 14.4 Å². The lowest BCUT2D eigenvalue weighted by Crippen LogP contribution is -2.27. The van der Waals surface area contributed by atoms with Crippen LogP contribution in [0.15, 0.2) is 71.5 Å². The van der Waals surface area contributed by atoms with Crippen molar-refractivity contribution in [2.45, 2.75) is 31.8 Å². The minimum atomic E-state index is -0.232. The summed E-state index contributed by atoms with van der Waals surface area (Å²) in [5, 5.41) is 3.48. The van der Waals surface area contributed by atoms with Crippen LogP contribution in [0.2, 0.25) is 5.02 Å². The number of anilines is 1. The van der Waals surface area contributed by atoms with Gasteiger partial charge in [-0.2, -0.15) is 0 Å². The molecule has 3 aromatic carbocycles. The average Bonchev–Trinajstić information content (AvgIpc) is 3.38. The Hall–Kier alpha value is -3.07. The highest BCUT2D eigenvalue weighted by atomic mass is 35.5. The monoisotopic (exact) mass is 537 g/mol. The third kappa shape index (κ3) is 4.93. The fourth-order valence-electron chi connectivity index (χ4n) is 4.29. The van der Waals surface area contributed by atoms with Gasteiger partial charge in [-0.05, 0) is 67.4 Å². The molecule has 0 spiro atoms. The number of nitrogens with zero attached hydrogens (tertiary/aromatic N) is 2. The first kappa shape index (κ1) is 24.6. The standard InChI is InChI=1S/C27H24ClN3O3S2/c1-16(2)31-22-12-11-21(13-23(22)36-27(31)34)29-25(33)18-5-7-19(8-6-18)26-30(24(32)15-35-26)14-17-3-9-20(28)10-4-17/h3-13,16,26H,14-15H2,1-2H3,(H,29,33). The van der Waals surface area contributed by atoms with Crippen LogP contribution in [0.4, 0.5) is 5.69 Å². The molecule has 1 aliphatic rings. The highest BCUT2D eigenvalue weighted by Crippen LogP contribution is 2.39. The summed E-state index contributed by atoms with van der Waals surface area (Å²) in [7, 11) is 0. The molecule has 9 heteroatoms. The molecular weight excluding hydrogens is 514 g/mol. The minimum Gasteiger partial charge on any atom is -0.322 e. The van der Waals surface area contributed by atoms with Crippen molar-refractivity contribution in [1.29, 1.82) is 0 Å². The van der Waals surface area contributed by atoms with Gasteiger partial charge >= 0.3 is 4.87 Å². The number of thiazole rings is 1. The number of thioether (sulfide) groups is 1. The number of carbonyl (C=O) groups excluding carboxylic acids is 2. The number of fused-ring (bicyclic) bond motifs is 1. The summed E-state index contributed by atoms with van der Waals surface area (Å²) in [6.07, 6.45) is 0. The van der Waals surface area contributed by atoms with Gasteiger partial charge in [-0.3, -0.25) is 19.0 Å². The Balaban J connectivity index is 1.30. The first-order valence-electron chi connectivity index (χ1n) is 11.5. The number of carbonyl (C=O) groups is 2. The Morgan fingerprint density at radius 2 is 1.78 bits per heavy atom. The van der Waals surface area contributed by atoms with E-state index in [1.54, 1.807) is 28.5 Å². The van der Waals surface area contributed by atoms with Crippen LogP contribution in [-0.4, -0.2) is 27.0 Å². The molecule has 184 valence electrons. The van der Waals surface area contributed by atoms with Gasteiger partial charge in [-0.25, -0.2) is 0 Å². The number of hydrogen-bond donors (Lipinski definition) is 1. The molecule has 6 nitrogen and oxygen atoms in total. The third-order valence-corrected chi connectivity index (χ3v) is 8.51. The van der Waals surface area contributed by atoms with Crippen LogP contribution in [0.25, 0.3) is 10.2 Å². The van der Waals surface area contributed by atoms with E-state index >= 15 is 0 Å². The van der Waals surface area contributed by atoms with Crippen LogP contribution in [0.5, 0.6) is 0 Å². The zero-order valence-corrected chi connectivity index (χ0v) is 22.1. The highest BCUT2D eigenvalue weighted by Gasteiger charge is 2.32. The normalized spacial score (nSPS) is 15.7. The lowest BCUT2D eigenvalue weighted by Gasteiger charge is -2.24. The van der Waals surface area contributed by atoms with E-state index in [1.165, 1.54) is 11.3 Å². The van der Waals surface area contributed by atoms with Crippen LogP contribution in [0, 0.1) is 0 Å². The van der Waals surface area contributed by atoms with E-state index in [2.05, 4.69) is 5.32 Å². The van der Waals surface area contributed by atoms with Gasteiger partial charge in [0.25, 0.3) is 5.91 Å². The van der Waals surface area contributed by atoms with E-state index in [-0.39, 0.29) is 28.1 Å². The number of nitrogens with one attached hydrogen (secondary N) is 1.